The van der Waals surface area contributed by atoms with Crippen molar-refractivity contribution >= 4 is 0 Å². The van der Waals surface area contributed by atoms with Crippen LogP contribution in [0.1, 0.15) is 141 Å². The molecule has 0 radical (unpaired) electrons. The summed E-state index contributed by atoms with van der Waals surface area (Å²) in [5.74, 6) is 1.88. The van der Waals surface area contributed by atoms with Crippen molar-refractivity contribution in [3.05, 3.63) is 59.7 Å². The van der Waals surface area contributed by atoms with Gasteiger partial charge in [0.25, 0.3) is 0 Å². The fourth-order valence-electron chi connectivity index (χ4n) is 4.86. The summed E-state index contributed by atoms with van der Waals surface area (Å²) in [6, 6.07) is 17.4. The van der Waals surface area contributed by atoms with Crippen molar-refractivity contribution in [3.8, 4) is 11.5 Å². The highest BCUT2D eigenvalue weighted by atomic mass is 16.5. The summed E-state index contributed by atoms with van der Waals surface area (Å²) in [5.41, 5.74) is 2.85. The summed E-state index contributed by atoms with van der Waals surface area (Å²) < 4.78 is 6.08. The van der Waals surface area contributed by atoms with Gasteiger partial charge in [-0.05, 0) is 61.1 Å². The second kappa shape index (κ2) is 20.4. The normalized spacial score (nSPS) is 11.1. The van der Waals surface area contributed by atoms with Crippen LogP contribution in [0.3, 0.4) is 0 Å². The Labute approximate surface area is 218 Å². The molecule has 0 saturated carbocycles. The molecule has 0 N–H and O–H groups in total. The van der Waals surface area contributed by atoms with E-state index in [-0.39, 0.29) is 0 Å². The lowest BCUT2D eigenvalue weighted by Crippen LogP contribution is -1.90. The average molecular weight is 479 g/mol. The Morgan fingerprint density at radius 3 is 0.971 bits per heavy atom. The van der Waals surface area contributed by atoms with Crippen molar-refractivity contribution in [1.82, 2.24) is 0 Å². The highest BCUT2D eigenvalue weighted by Crippen LogP contribution is 2.23. The SMILES string of the molecule is CCCCCCCCCCCc1ccc(Oc2ccc(CCCCCCCCCCC)cc2)cc1. The minimum Gasteiger partial charge on any atom is -0.457 e. The number of ether oxygens (including phenoxy) is 1. The lowest BCUT2D eigenvalue weighted by molar-refractivity contribution is 0.482. The van der Waals surface area contributed by atoms with E-state index in [1.165, 1.54) is 140 Å². The third kappa shape index (κ3) is 15.1. The summed E-state index contributed by atoms with van der Waals surface area (Å²) in [7, 11) is 0. The van der Waals surface area contributed by atoms with E-state index in [9.17, 15) is 0 Å². The van der Waals surface area contributed by atoms with Crippen LogP contribution in [0.2, 0.25) is 0 Å². The quantitative estimate of drug-likeness (QED) is 0.153. The Hall–Kier alpha value is -1.76. The standard InChI is InChI=1S/C34H54O/c1-3-5-7-9-11-13-15-17-19-21-31-23-27-33(28-24-31)35-34-29-25-32(26-30-34)22-20-18-16-14-12-10-8-6-4-2/h23-30H,3-22H2,1-2H3. The van der Waals surface area contributed by atoms with E-state index in [0.29, 0.717) is 0 Å². The zero-order chi connectivity index (χ0) is 24.8. The summed E-state index contributed by atoms with van der Waals surface area (Å²) in [4.78, 5) is 0. The van der Waals surface area contributed by atoms with Crippen LogP contribution < -0.4 is 4.74 Å². The Bertz CT molecular complexity index is 652. The number of aryl methyl sites for hydroxylation is 2. The minimum absolute atomic E-state index is 0.938. The first kappa shape index (κ1) is 29.5. The zero-order valence-corrected chi connectivity index (χ0v) is 23.2. The first-order valence-corrected chi connectivity index (χ1v) is 15.2. The molecule has 0 heterocycles. The molecule has 0 aliphatic heterocycles. The molecule has 0 atom stereocenters. The van der Waals surface area contributed by atoms with Crippen molar-refractivity contribution in [2.75, 3.05) is 0 Å². The van der Waals surface area contributed by atoms with Crippen molar-refractivity contribution in [2.45, 2.75) is 142 Å². The van der Waals surface area contributed by atoms with Gasteiger partial charge >= 0.3 is 0 Å². The summed E-state index contributed by atoms with van der Waals surface area (Å²) in [5, 5.41) is 0. The van der Waals surface area contributed by atoms with Gasteiger partial charge in [0.05, 0.1) is 0 Å². The van der Waals surface area contributed by atoms with Crippen molar-refractivity contribution in [2.24, 2.45) is 0 Å². The fourth-order valence-corrected chi connectivity index (χ4v) is 4.86. The molecule has 0 fully saturated rings. The maximum absolute atomic E-state index is 6.08. The molecule has 35 heavy (non-hydrogen) atoms. The molecule has 0 spiro atoms. The number of unbranched alkanes of at least 4 members (excludes halogenated alkanes) is 16. The van der Waals surface area contributed by atoms with E-state index < -0.39 is 0 Å². The molecule has 1 heteroatoms. The molecule has 0 aromatic heterocycles. The second-order valence-corrected chi connectivity index (χ2v) is 10.5. The molecule has 2 aromatic carbocycles. The van der Waals surface area contributed by atoms with E-state index in [1.54, 1.807) is 0 Å². The molecule has 0 saturated heterocycles. The van der Waals surface area contributed by atoms with Gasteiger partial charge in [0, 0.05) is 0 Å². The van der Waals surface area contributed by atoms with Gasteiger partial charge in [-0.3, -0.25) is 0 Å². The lowest BCUT2D eigenvalue weighted by atomic mass is 10.0. The third-order valence-corrected chi connectivity index (χ3v) is 7.22. The molecule has 2 aromatic rings. The third-order valence-electron chi connectivity index (χ3n) is 7.22. The van der Waals surface area contributed by atoms with Crippen LogP contribution in [0, 0.1) is 0 Å². The average Bonchev–Trinajstić information content (AvgIpc) is 2.88. The molecule has 0 aliphatic rings. The van der Waals surface area contributed by atoms with Crippen LogP contribution in [-0.2, 0) is 12.8 Å². The van der Waals surface area contributed by atoms with Crippen molar-refractivity contribution in [3.63, 3.8) is 0 Å². The van der Waals surface area contributed by atoms with E-state index in [2.05, 4.69) is 62.4 Å². The lowest BCUT2D eigenvalue weighted by Gasteiger charge is -2.08. The van der Waals surface area contributed by atoms with Crippen LogP contribution >= 0.6 is 0 Å². The molecule has 0 amide bonds. The molecular weight excluding hydrogens is 424 g/mol. The molecule has 0 unspecified atom stereocenters. The monoisotopic (exact) mass is 478 g/mol. The summed E-state index contributed by atoms with van der Waals surface area (Å²) >= 11 is 0. The maximum Gasteiger partial charge on any atom is 0.127 e. The number of rotatable bonds is 22. The predicted molar refractivity (Wildman–Crippen MR) is 155 cm³/mol. The predicted octanol–water partition coefficient (Wildman–Crippen LogP) is 11.6. The Balaban J connectivity index is 1.54. The van der Waals surface area contributed by atoms with Gasteiger partial charge in [0.15, 0.2) is 0 Å². The van der Waals surface area contributed by atoms with Crippen LogP contribution in [0.25, 0.3) is 0 Å². The highest BCUT2D eigenvalue weighted by Gasteiger charge is 2.01. The first-order chi connectivity index (χ1) is 17.3. The van der Waals surface area contributed by atoms with Crippen LogP contribution in [0.4, 0.5) is 0 Å². The molecule has 196 valence electrons. The van der Waals surface area contributed by atoms with Gasteiger partial charge in [-0.25, -0.2) is 0 Å². The molecule has 0 bridgehead atoms. The Morgan fingerprint density at radius 1 is 0.371 bits per heavy atom. The highest BCUT2D eigenvalue weighted by molar-refractivity contribution is 5.34. The smallest absolute Gasteiger partial charge is 0.127 e. The van der Waals surface area contributed by atoms with E-state index in [4.69, 9.17) is 4.74 Å². The van der Waals surface area contributed by atoms with Crippen LogP contribution in [0.5, 0.6) is 11.5 Å². The van der Waals surface area contributed by atoms with E-state index in [0.717, 1.165) is 11.5 Å². The Kier molecular flexibility index (Phi) is 17.2. The van der Waals surface area contributed by atoms with Gasteiger partial charge in [0.1, 0.15) is 11.5 Å². The number of benzene rings is 2. The molecule has 2 rings (SSSR count). The second-order valence-electron chi connectivity index (χ2n) is 10.5. The van der Waals surface area contributed by atoms with Crippen LogP contribution in [0.15, 0.2) is 48.5 Å². The molecule has 0 aliphatic carbocycles. The summed E-state index contributed by atoms with van der Waals surface area (Å²) in [6.45, 7) is 4.57. The van der Waals surface area contributed by atoms with Gasteiger partial charge in [-0.2, -0.15) is 0 Å². The maximum atomic E-state index is 6.08. The Morgan fingerprint density at radius 2 is 0.657 bits per heavy atom. The first-order valence-electron chi connectivity index (χ1n) is 15.2. The number of hydrogen-bond acceptors (Lipinski definition) is 1. The van der Waals surface area contributed by atoms with Gasteiger partial charge in [-0.1, -0.05) is 141 Å². The van der Waals surface area contributed by atoms with Crippen molar-refractivity contribution < 1.29 is 4.74 Å². The van der Waals surface area contributed by atoms with Gasteiger partial charge < -0.3 is 4.74 Å². The van der Waals surface area contributed by atoms with E-state index in [1.807, 2.05) is 0 Å². The fraction of sp³-hybridized carbons (Fsp3) is 0.647. The van der Waals surface area contributed by atoms with Crippen LogP contribution in [-0.4, -0.2) is 0 Å². The molecule has 1 nitrogen and oxygen atoms in total. The van der Waals surface area contributed by atoms with E-state index >= 15 is 0 Å². The van der Waals surface area contributed by atoms with Crippen molar-refractivity contribution in [1.29, 1.82) is 0 Å². The molecular formula is C34H54O. The summed E-state index contributed by atoms with van der Waals surface area (Å²) in [6.07, 6.45) is 27.3. The topological polar surface area (TPSA) is 9.23 Å². The largest absolute Gasteiger partial charge is 0.457 e. The van der Waals surface area contributed by atoms with Gasteiger partial charge in [-0.15, -0.1) is 0 Å². The minimum atomic E-state index is 0.938. The zero-order valence-electron chi connectivity index (χ0n) is 23.2. The number of hydrogen-bond donors (Lipinski definition) is 0. The van der Waals surface area contributed by atoms with Gasteiger partial charge in [0.2, 0.25) is 0 Å².